The molecule has 1 aromatic rings. The van der Waals surface area contributed by atoms with Crippen LogP contribution < -0.4 is 10.5 Å². The largest absolute Gasteiger partial charge is 0.326 e. The zero-order valence-electron chi connectivity index (χ0n) is 11.1. The van der Waals surface area contributed by atoms with E-state index in [4.69, 9.17) is 5.73 Å². The number of sulfonamides is 1. The first-order chi connectivity index (χ1) is 9.12. The van der Waals surface area contributed by atoms with Crippen LogP contribution in [0.2, 0.25) is 0 Å². The molecule has 0 atom stereocenters. The molecule has 0 aromatic carbocycles. The predicted molar refractivity (Wildman–Crippen MR) is 78.6 cm³/mol. The SMILES string of the molecule is NCc1ccc(S(=O)(=O)NC2CCCCCCC2)s1. The van der Waals surface area contributed by atoms with Gasteiger partial charge in [-0.1, -0.05) is 32.1 Å². The smallest absolute Gasteiger partial charge is 0.250 e. The molecule has 0 radical (unpaired) electrons. The molecular formula is C13H22N2O2S2. The summed E-state index contributed by atoms with van der Waals surface area (Å²) in [6, 6.07) is 3.53. The van der Waals surface area contributed by atoms with Crippen molar-refractivity contribution in [2.24, 2.45) is 5.73 Å². The Labute approximate surface area is 119 Å². The Kier molecular flexibility index (Phi) is 5.38. The van der Waals surface area contributed by atoms with E-state index in [1.807, 2.05) is 0 Å². The summed E-state index contributed by atoms with van der Waals surface area (Å²) in [5.41, 5.74) is 5.52. The minimum Gasteiger partial charge on any atom is -0.326 e. The summed E-state index contributed by atoms with van der Waals surface area (Å²) in [6.07, 6.45) is 7.85. The van der Waals surface area contributed by atoms with Crippen LogP contribution in [-0.4, -0.2) is 14.5 Å². The van der Waals surface area contributed by atoms with Gasteiger partial charge < -0.3 is 5.73 Å². The van der Waals surface area contributed by atoms with Crippen LogP contribution in [0, 0.1) is 0 Å². The molecule has 1 aliphatic rings. The topological polar surface area (TPSA) is 72.2 Å². The highest BCUT2D eigenvalue weighted by molar-refractivity contribution is 7.91. The summed E-state index contributed by atoms with van der Waals surface area (Å²) in [4.78, 5) is 0.901. The molecule has 108 valence electrons. The number of thiophene rings is 1. The summed E-state index contributed by atoms with van der Waals surface area (Å²) < 4.78 is 27.8. The van der Waals surface area contributed by atoms with Crippen LogP contribution in [0.1, 0.15) is 49.8 Å². The molecule has 1 heterocycles. The van der Waals surface area contributed by atoms with E-state index < -0.39 is 10.0 Å². The molecule has 1 fully saturated rings. The zero-order chi connectivity index (χ0) is 13.7. The Bertz CT molecular complexity index is 488. The Morgan fingerprint density at radius 3 is 2.37 bits per heavy atom. The lowest BCUT2D eigenvalue weighted by Gasteiger charge is -2.20. The maximum Gasteiger partial charge on any atom is 0.250 e. The zero-order valence-corrected chi connectivity index (χ0v) is 12.7. The van der Waals surface area contributed by atoms with Crippen molar-refractivity contribution in [1.82, 2.24) is 4.72 Å². The van der Waals surface area contributed by atoms with Gasteiger partial charge in [0.05, 0.1) is 0 Å². The Balaban J connectivity index is 2.02. The van der Waals surface area contributed by atoms with Gasteiger partial charge in [-0.05, 0) is 25.0 Å². The van der Waals surface area contributed by atoms with E-state index in [0.717, 1.165) is 30.6 Å². The minimum atomic E-state index is -3.36. The number of rotatable bonds is 4. The van der Waals surface area contributed by atoms with Crippen molar-refractivity contribution in [3.63, 3.8) is 0 Å². The highest BCUT2D eigenvalue weighted by atomic mass is 32.2. The fraction of sp³-hybridized carbons (Fsp3) is 0.692. The maximum atomic E-state index is 12.3. The molecule has 3 N–H and O–H groups in total. The van der Waals surface area contributed by atoms with E-state index in [-0.39, 0.29) is 6.04 Å². The van der Waals surface area contributed by atoms with Gasteiger partial charge in [0.1, 0.15) is 4.21 Å². The summed E-state index contributed by atoms with van der Waals surface area (Å²) >= 11 is 1.26. The van der Waals surface area contributed by atoms with Crippen molar-refractivity contribution in [3.8, 4) is 0 Å². The summed E-state index contributed by atoms with van der Waals surface area (Å²) in [6.45, 7) is 0.392. The lowest BCUT2D eigenvalue weighted by Crippen LogP contribution is -2.34. The average Bonchev–Trinajstić information content (AvgIpc) is 2.82. The highest BCUT2D eigenvalue weighted by Crippen LogP contribution is 2.23. The van der Waals surface area contributed by atoms with Crippen molar-refractivity contribution < 1.29 is 8.42 Å². The monoisotopic (exact) mass is 302 g/mol. The molecule has 4 nitrogen and oxygen atoms in total. The molecule has 0 spiro atoms. The minimum absolute atomic E-state index is 0.0914. The molecule has 0 unspecified atom stereocenters. The van der Waals surface area contributed by atoms with E-state index in [9.17, 15) is 8.42 Å². The highest BCUT2D eigenvalue weighted by Gasteiger charge is 2.22. The second-order valence-corrected chi connectivity index (χ2v) is 8.20. The molecule has 0 amide bonds. The average molecular weight is 302 g/mol. The van der Waals surface area contributed by atoms with Gasteiger partial charge in [0.2, 0.25) is 10.0 Å². The predicted octanol–water partition coefficient (Wildman–Crippen LogP) is 2.60. The van der Waals surface area contributed by atoms with Crippen LogP contribution in [0.15, 0.2) is 16.3 Å². The molecular weight excluding hydrogens is 280 g/mol. The second kappa shape index (κ2) is 6.83. The third-order valence-electron chi connectivity index (χ3n) is 3.53. The number of nitrogens with one attached hydrogen (secondary N) is 1. The molecule has 1 aromatic heterocycles. The molecule has 1 saturated carbocycles. The van der Waals surface area contributed by atoms with Crippen molar-refractivity contribution in [1.29, 1.82) is 0 Å². The summed E-state index contributed by atoms with van der Waals surface area (Å²) in [5.74, 6) is 0. The first-order valence-electron chi connectivity index (χ1n) is 6.93. The Hall–Kier alpha value is -0.430. The van der Waals surface area contributed by atoms with Crippen LogP contribution in [-0.2, 0) is 16.6 Å². The van der Waals surface area contributed by atoms with E-state index in [0.29, 0.717) is 10.8 Å². The van der Waals surface area contributed by atoms with Crippen molar-refractivity contribution in [2.45, 2.75) is 61.7 Å². The standard InChI is InChI=1S/C13H22N2O2S2/c14-10-12-8-9-13(18-12)19(16,17)15-11-6-4-2-1-3-5-7-11/h8-9,11,15H,1-7,10,14H2. The Morgan fingerprint density at radius 2 is 1.79 bits per heavy atom. The molecule has 6 heteroatoms. The quantitative estimate of drug-likeness (QED) is 0.898. The molecule has 19 heavy (non-hydrogen) atoms. The number of hydrogen-bond donors (Lipinski definition) is 2. The van der Waals surface area contributed by atoms with Crippen LogP contribution in [0.4, 0.5) is 0 Å². The third-order valence-corrected chi connectivity index (χ3v) is 6.65. The van der Waals surface area contributed by atoms with Crippen LogP contribution in [0.25, 0.3) is 0 Å². The van der Waals surface area contributed by atoms with Gasteiger partial charge in [-0.25, -0.2) is 13.1 Å². The second-order valence-electron chi connectivity index (χ2n) is 5.09. The van der Waals surface area contributed by atoms with Gasteiger partial charge in [-0.2, -0.15) is 0 Å². The fourth-order valence-corrected chi connectivity index (χ4v) is 5.02. The lowest BCUT2D eigenvalue weighted by molar-refractivity contribution is 0.427. The number of nitrogens with two attached hydrogens (primary N) is 1. The lowest BCUT2D eigenvalue weighted by atomic mass is 9.97. The molecule has 0 aliphatic heterocycles. The molecule has 0 saturated heterocycles. The van der Waals surface area contributed by atoms with Gasteiger partial charge in [-0.3, -0.25) is 0 Å². The van der Waals surface area contributed by atoms with Crippen LogP contribution >= 0.6 is 11.3 Å². The normalized spacial score (nSPS) is 19.0. The van der Waals surface area contributed by atoms with Gasteiger partial charge in [0.25, 0.3) is 0 Å². The molecule has 2 rings (SSSR count). The van der Waals surface area contributed by atoms with E-state index in [1.54, 1.807) is 12.1 Å². The first kappa shape index (κ1) is 15.0. The molecule has 1 aliphatic carbocycles. The van der Waals surface area contributed by atoms with Crippen molar-refractivity contribution in [3.05, 3.63) is 17.0 Å². The van der Waals surface area contributed by atoms with Gasteiger partial charge >= 0.3 is 0 Å². The van der Waals surface area contributed by atoms with E-state index in [2.05, 4.69) is 4.72 Å². The van der Waals surface area contributed by atoms with Crippen LogP contribution in [0.3, 0.4) is 0 Å². The summed E-state index contributed by atoms with van der Waals surface area (Å²) in [5, 5.41) is 0. The van der Waals surface area contributed by atoms with Gasteiger partial charge in [0.15, 0.2) is 0 Å². The van der Waals surface area contributed by atoms with Gasteiger partial charge in [0, 0.05) is 17.5 Å². The van der Waals surface area contributed by atoms with Crippen LogP contribution in [0.5, 0.6) is 0 Å². The van der Waals surface area contributed by atoms with E-state index in [1.165, 1.54) is 30.6 Å². The maximum absolute atomic E-state index is 12.3. The number of hydrogen-bond acceptors (Lipinski definition) is 4. The fourth-order valence-electron chi connectivity index (χ4n) is 2.46. The first-order valence-corrected chi connectivity index (χ1v) is 9.23. The summed E-state index contributed by atoms with van der Waals surface area (Å²) in [7, 11) is -3.36. The molecule has 0 bridgehead atoms. The van der Waals surface area contributed by atoms with Crippen molar-refractivity contribution in [2.75, 3.05) is 0 Å². The van der Waals surface area contributed by atoms with Crippen molar-refractivity contribution >= 4 is 21.4 Å². The Morgan fingerprint density at radius 1 is 1.16 bits per heavy atom. The van der Waals surface area contributed by atoms with Gasteiger partial charge in [-0.15, -0.1) is 11.3 Å². The third kappa shape index (κ3) is 4.27. The van der Waals surface area contributed by atoms with E-state index >= 15 is 0 Å².